The number of ether oxygens (including phenoxy) is 3. The maximum atomic E-state index is 11.3. The molecule has 0 spiro atoms. The lowest BCUT2D eigenvalue weighted by atomic mass is 9.96. The van der Waals surface area contributed by atoms with E-state index in [-0.39, 0.29) is 26.1 Å². The van der Waals surface area contributed by atoms with E-state index in [1.54, 1.807) is 0 Å². The molecule has 0 bridgehead atoms. The van der Waals surface area contributed by atoms with Crippen LogP contribution in [-0.2, 0) is 23.8 Å². The Balaban J connectivity index is 4.92. The molecule has 0 aliphatic heterocycles. The minimum absolute atomic E-state index is 0.0246. The Hall–Kier alpha value is -1.22. The van der Waals surface area contributed by atoms with Gasteiger partial charge in [-0.15, -0.1) is 0 Å². The molecule has 0 saturated carbocycles. The minimum atomic E-state index is -1.73. The molecule has 1 atom stereocenters. The number of nitrogens with two attached hydrogens (primary N) is 1. The van der Waals surface area contributed by atoms with Crippen LogP contribution in [0.2, 0.25) is 0 Å². The van der Waals surface area contributed by atoms with Crippen molar-refractivity contribution in [1.82, 2.24) is 0 Å². The van der Waals surface area contributed by atoms with Crippen LogP contribution >= 0.6 is 0 Å². The zero-order valence-electron chi connectivity index (χ0n) is 10.4. The number of hydrogen-bond acceptors (Lipinski definition) is 6. The fraction of sp³-hybridized carbons (Fsp3) is 0.800. The molecule has 0 aromatic heterocycles. The topological polar surface area (TPSA) is 128 Å². The number of methoxy groups -OCH3 is 2. The van der Waals surface area contributed by atoms with E-state index in [4.69, 9.17) is 25.1 Å². The van der Waals surface area contributed by atoms with Crippen molar-refractivity contribution >= 4 is 11.9 Å². The zero-order valence-corrected chi connectivity index (χ0v) is 10.4. The van der Waals surface area contributed by atoms with Crippen molar-refractivity contribution in [2.75, 3.05) is 27.4 Å². The van der Waals surface area contributed by atoms with Crippen molar-refractivity contribution in [1.29, 1.82) is 0 Å². The van der Waals surface area contributed by atoms with Gasteiger partial charge in [0, 0.05) is 40.3 Å². The molecule has 18 heavy (non-hydrogen) atoms. The van der Waals surface area contributed by atoms with Gasteiger partial charge in [0.15, 0.2) is 5.60 Å². The Kier molecular flexibility index (Phi) is 7.44. The second-order valence-corrected chi connectivity index (χ2v) is 3.66. The quantitative estimate of drug-likeness (QED) is 0.441. The normalized spacial score (nSPS) is 13.3. The van der Waals surface area contributed by atoms with Gasteiger partial charge in [0.1, 0.15) is 0 Å². The molecule has 1 unspecified atom stereocenters. The summed E-state index contributed by atoms with van der Waals surface area (Å²) in [6, 6.07) is 0. The molecule has 0 radical (unpaired) electrons. The Morgan fingerprint density at radius 1 is 1.17 bits per heavy atom. The third-order valence-electron chi connectivity index (χ3n) is 2.41. The summed E-state index contributed by atoms with van der Waals surface area (Å²) in [5, 5.41) is 17.9. The second-order valence-electron chi connectivity index (χ2n) is 3.66. The molecular formula is C10H19NO7. The fourth-order valence-corrected chi connectivity index (χ4v) is 1.33. The maximum absolute atomic E-state index is 11.3. The van der Waals surface area contributed by atoms with Crippen LogP contribution in [0.15, 0.2) is 0 Å². The summed E-state index contributed by atoms with van der Waals surface area (Å²) in [7, 11) is 2.81. The molecule has 8 nitrogen and oxygen atoms in total. The van der Waals surface area contributed by atoms with Crippen molar-refractivity contribution in [2.24, 2.45) is 5.73 Å². The minimum Gasteiger partial charge on any atom is -0.479 e. The molecule has 0 aromatic carbocycles. The lowest BCUT2D eigenvalue weighted by Gasteiger charge is -2.30. The summed E-state index contributed by atoms with van der Waals surface area (Å²) >= 11 is 0. The Labute approximate surface area is 105 Å². The highest BCUT2D eigenvalue weighted by atomic mass is 16.6. The fourth-order valence-electron chi connectivity index (χ4n) is 1.33. The smallest absolute Gasteiger partial charge is 0.347 e. The van der Waals surface area contributed by atoms with Crippen molar-refractivity contribution < 1.29 is 34.0 Å². The number of hydrogen-bond donors (Lipinski definition) is 3. The summed E-state index contributed by atoms with van der Waals surface area (Å²) in [5.74, 6) is -2.73. The Morgan fingerprint density at radius 3 is 1.89 bits per heavy atom. The van der Waals surface area contributed by atoms with Gasteiger partial charge < -0.3 is 24.4 Å². The van der Waals surface area contributed by atoms with Gasteiger partial charge in [0.05, 0.1) is 0 Å². The molecular weight excluding hydrogens is 246 g/mol. The van der Waals surface area contributed by atoms with Crippen LogP contribution in [0.3, 0.4) is 0 Å². The van der Waals surface area contributed by atoms with Crippen LogP contribution in [0.4, 0.5) is 0 Å². The van der Waals surface area contributed by atoms with Gasteiger partial charge in [-0.25, -0.2) is 9.59 Å². The number of rotatable bonds is 10. The molecule has 0 heterocycles. The number of carboxylic acids is 2. The van der Waals surface area contributed by atoms with Crippen molar-refractivity contribution in [3.8, 4) is 0 Å². The van der Waals surface area contributed by atoms with E-state index in [9.17, 15) is 14.7 Å². The van der Waals surface area contributed by atoms with Crippen LogP contribution in [0.25, 0.3) is 0 Å². The van der Waals surface area contributed by atoms with E-state index in [1.165, 1.54) is 14.2 Å². The first kappa shape index (κ1) is 16.8. The molecule has 0 aliphatic rings. The van der Waals surface area contributed by atoms with Crippen molar-refractivity contribution in [3.05, 3.63) is 0 Å². The summed E-state index contributed by atoms with van der Waals surface area (Å²) in [6.07, 6.45) is -1.76. The first-order valence-electron chi connectivity index (χ1n) is 5.27. The number of carbonyl (C=O) groups is 2. The van der Waals surface area contributed by atoms with E-state index in [2.05, 4.69) is 0 Å². The summed E-state index contributed by atoms with van der Waals surface area (Å²) in [4.78, 5) is 21.9. The molecule has 0 aromatic rings. The average molecular weight is 265 g/mol. The molecule has 0 rings (SSSR count). The molecule has 4 N–H and O–H groups in total. The van der Waals surface area contributed by atoms with Gasteiger partial charge in [-0.3, -0.25) is 5.73 Å². The Morgan fingerprint density at radius 2 is 1.61 bits per heavy atom. The van der Waals surface area contributed by atoms with Gasteiger partial charge >= 0.3 is 11.9 Å². The number of aliphatic carboxylic acids is 2. The molecule has 0 fully saturated rings. The summed E-state index contributed by atoms with van der Waals surface area (Å²) in [6.45, 7) is 0.199. The van der Waals surface area contributed by atoms with E-state index in [0.717, 1.165) is 0 Å². The molecule has 0 aliphatic carbocycles. The lowest BCUT2D eigenvalue weighted by molar-refractivity contribution is -0.188. The van der Waals surface area contributed by atoms with E-state index in [0.29, 0.717) is 0 Å². The van der Waals surface area contributed by atoms with E-state index < -0.39 is 23.8 Å². The first-order valence-corrected chi connectivity index (χ1v) is 5.27. The number of carboxylic acid groups (broad SMARTS) is 2. The van der Waals surface area contributed by atoms with E-state index >= 15 is 0 Å². The van der Waals surface area contributed by atoms with Crippen molar-refractivity contribution in [2.45, 2.75) is 24.7 Å². The SMILES string of the molecule is COCCC(CCOC)(OC(N)C(=O)O)C(=O)O. The van der Waals surface area contributed by atoms with Gasteiger partial charge in [-0.05, 0) is 0 Å². The second kappa shape index (κ2) is 7.98. The highest BCUT2D eigenvalue weighted by Crippen LogP contribution is 2.23. The molecule has 0 amide bonds. The average Bonchev–Trinajstić information content (AvgIpc) is 2.32. The standard InChI is InChI=1S/C10H19NO7/c1-16-5-3-10(9(14)15,4-6-17-2)18-7(11)8(12)13/h7H,3-6,11H2,1-2H3,(H,12,13)(H,14,15). The van der Waals surface area contributed by atoms with Crippen LogP contribution in [-0.4, -0.2) is 61.4 Å². The predicted octanol–water partition coefficient (Wildman–Crippen LogP) is -0.731. The Bertz CT molecular complexity index is 273. The molecule has 106 valence electrons. The van der Waals surface area contributed by atoms with Crippen LogP contribution < -0.4 is 5.73 Å². The third-order valence-corrected chi connectivity index (χ3v) is 2.41. The highest BCUT2D eigenvalue weighted by Gasteiger charge is 2.42. The van der Waals surface area contributed by atoms with Crippen LogP contribution in [0.5, 0.6) is 0 Å². The molecule has 8 heteroatoms. The van der Waals surface area contributed by atoms with Crippen molar-refractivity contribution in [3.63, 3.8) is 0 Å². The maximum Gasteiger partial charge on any atom is 0.347 e. The van der Waals surface area contributed by atoms with Gasteiger partial charge in [-0.1, -0.05) is 0 Å². The molecule has 0 saturated heterocycles. The van der Waals surface area contributed by atoms with Crippen LogP contribution in [0.1, 0.15) is 12.8 Å². The van der Waals surface area contributed by atoms with Gasteiger partial charge in [0.25, 0.3) is 0 Å². The summed E-state index contributed by atoms with van der Waals surface area (Å²) < 4.78 is 14.6. The summed E-state index contributed by atoms with van der Waals surface area (Å²) in [5.41, 5.74) is 3.48. The largest absolute Gasteiger partial charge is 0.479 e. The monoisotopic (exact) mass is 265 g/mol. The van der Waals surface area contributed by atoms with Gasteiger partial charge in [-0.2, -0.15) is 0 Å². The van der Waals surface area contributed by atoms with E-state index in [1.807, 2.05) is 0 Å². The third kappa shape index (κ3) is 4.96. The van der Waals surface area contributed by atoms with Crippen LogP contribution in [0, 0.1) is 0 Å². The predicted molar refractivity (Wildman–Crippen MR) is 60.0 cm³/mol. The zero-order chi connectivity index (χ0) is 14.2. The highest BCUT2D eigenvalue weighted by molar-refractivity contribution is 5.78. The van der Waals surface area contributed by atoms with Gasteiger partial charge in [0.2, 0.25) is 6.23 Å². The first-order chi connectivity index (χ1) is 8.39. The lowest BCUT2D eigenvalue weighted by Crippen LogP contribution is -2.50.